The molecule has 0 aliphatic rings. The van der Waals surface area contributed by atoms with Gasteiger partial charge in [0.1, 0.15) is 0 Å². The van der Waals surface area contributed by atoms with E-state index in [1.165, 1.54) is 5.56 Å². The van der Waals surface area contributed by atoms with Gasteiger partial charge in [-0.25, -0.2) is 0 Å². The summed E-state index contributed by atoms with van der Waals surface area (Å²) in [5.41, 5.74) is 2.44. The second-order valence-corrected chi connectivity index (χ2v) is 3.39. The molecule has 0 fully saturated rings. The van der Waals surface area contributed by atoms with Crippen LogP contribution < -0.4 is 0 Å². The van der Waals surface area contributed by atoms with Gasteiger partial charge in [0.15, 0.2) is 0 Å². The van der Waals surface area contributed by atoms with Gasteiger partial charge >= 0.3 is 0 Å². The Morgan fingerprint density at radius 3 is 2.29 bits per heavy atom. The van der Waals surface area contributed by atoms with Crippen molar-refractivity contribution in [2.45, 2.75) is 12.8 Å². The highest BCUT2D eigenvalue weighted by atomic mass is 14.7. The Labute approximate surface area is 84.4 Å². The number of pyridine rings is 1. The van der Waals surface area contributed by atoms with E-state index in [2.05, 4.69) is 42.2 Å². The minimum Gasteiger partial charge on any atom is -0.261 e. The average molecular weight is 183 g/mol. The summed E-state index contributed by atoms with van der Waals surface area (Å²) in [6.07, 6.45) is 1.84. The maximum atomic E-state index is 4.36. The normalized spacial score (nSPS) is 12.4. The fraction of sp³-hybridized carbons (Fsp3) is 0.154. The van der Waals surface area contributed by atoms with Gasteiger partial charge in [0.25, 0.3) is 0 Å². The lowest BCUT2D eigenvalue weighted by atomic mass is 9.97. The van der Waals surface area contributed by atoms with Gasteiger partial charge in [-0.1, -0.05) is 43.3 Å². The topological polar surface area (TPSA) is 12.9 Å². The Bertz CT molecular complexity index is 341. The number of benzene rings is 1. The first kappa shape index (κ1) is 8.95. The van der Waals surface area contributed by atoms with Crippen molar-refractivity contribution in [3.63, 3.8) is 0 Å². The van der Waals surface area contributed by atoms with Crippen molar-refractivity contribution in [2.24, 2.45) is 0 Å². The summed E-state index contributed by atoms with van der Waals surface area (Å²) in [6.45, 7) is 2.18. The summed E-state index contributed by atoms with van der Waals surface area (Å²) >= 11 is 0. The van der Waals surface area contributed by atoms with Crippen LogP contribution in [0, 0.1) is 0 Å². The van der Waals surface area contributed by atoms with Crippen LogP contribution in [0.2, 0.25) is 0 Å². The maximum Gasteiger partial charge on any atom is 0.0475 e. The zero-order valence-electron chi connectivity index (χ0n) is 8.22. The van der Waals surface area contributed by atoms with Crippen LogP contribution in [0.1, 0.15) is 24.1 Å². The van der Waals surface area contributed by atoms with Gasteiger partial charge in [-0.05, 0) is 17.7 Å². The second kappa shape index (κ2) is 4.05. The number of rotatable bonds is 2. The smallest absolute Gasteiger partial charge is 0.0475 e. The van der Waals surface area contributed by atoms with E-state index in [0.29, 0.717) is 5.92 Å². The molecule has 0 saturated carbocycles. The van der Waals surface area contributed by atoms with Crippen LogP contribution in [0.5, 0.6) is 0 Å². The molecule has 0 spiro atoms. The highest BCUT2D eigenvalue weighted by Gasteiger charge is 2.07. The Morgan fingerprint density at radius 1 is 0.929 bits per heavy atom. The third-order valence-corrected chi connectivity index (χ3v) is 2.43. The molecule has 14 heavy (non-hydrogen) atoms. The van der Waals surface area contributed by atoms with Crippen LogP contribution in [0.15, 0.2) is 54.7 Å². The molecule has 1 nitrogen and oxygen atoms in total. The highest BCUT2D eigenvalue weighted by molar-refractivity contribution is 5.27. The van der Waals surface area contributed by atoms with Gasteiger partial charge in [-0.2, -0.15) is 0 Å². The van der Waals surface area contributed by atoms with Crippen LogP contribution in [-0.2, 0) is 0 Å². The van der Waals surface area contributed by atoms with Crippen molar-refractivity contribution in [1.29, 1.82) is 0 Å². The van der Waals surface area contributed by atoms with Crippen molar-refractivity contribution < 1.29 is 0 Å². The van der Waals surface area contributed by atoms with Gasteiger partial charge in [0.05, 0.1) is 0 Å². The molecule has 1 aromatic carbocycles. The van der Waals surface area contributed by atoms with Crippen molar-refractivity contribution in [3.05, 3.63) is 66.0 Å². The quantitative estimate of drug-likeness (QED) is 0.696. The number of hydrogen-bond donors (Lipinski definition) is 0. The maximum absolute atomic E-state index is 4.36. The summed E-state index contributed by atoms with van der Waals surface area (Å²) in [7, 11) is 0. The fourth-order valence-electron chi connectivity index (χ4n) is 1.54. The van der Waals surface area contributed by atoms with Gasteiger partial charge in [0, 0.05) is 17.8 Å². The van der Waals surface area contributed by atoms with Crippen molar-refractivity contribution in [2.75, 3.05) is 0 Å². The third kappa shape index (κ3) is 1.82. The van der Waals surface area contributed by atoms with E-state index in [0.717, 1.165) is 5.69 Å². The first-order valence-corrected chi connectivity index (χ1v) is 4.84. The van der Waals surface area contributed by atoms with Gasteiger partial charge in [-0.3, -0.25) is 4.98 Å². The lowest BCUT2D eigenvalue weighted by Crippen LogP contribution is -1.97. The number of nitrogens with zero attached hydrogens (tertiary/aromatic N) is 1. The first-order valence-electron chi connectivity index (χ1n) is 4.84. The van der Waals surface area contributed by atoms with Crippen molar-refractivity contribution in [1.82, 2.24) is 4.98 Å². The average Bonchev–Trinajstić information content (AvgIpc) is 2.30. The molecule has 1 heteroatoms. The molecule has 0 bridgehead atoms. The molecule has 1 aromatic heterocycles. The summed E-state index contributed by atoms with van der Waals surface area (Å²) in [6, 6.07) is 16.5. The fourth-order valence-corrected chi connectivity index (χ4v) is 1.54. The largest absolute Gasteiger partial charge is 0.261 e. The zero-order valence-corrected chi connectivity index (χ0v) is 8.22. The van der Waals surface area contributed by atoms with Crippen LogP contribution in [0.4, 0.5) is 0 Å². The molecule has 1 unspecified atom stereocenters. The van der Waals surface area contributed by atoms with E-state index in [4.69, 9.17) is 0 Å². The standard InChI is InChI=1S/C13H13N/c1-11(12-7-3-2-4-8-12)13-9-5-6-10-14-13/h2-11H,1H3. The Morgan fingerprint density at radius 2 is 1.64 bits per heavy atom. The van der Waals surface area contributed by atoms with Gasteiger partial charge in [0.2, 0.25) is 0 Å². The van der Waals surface area contributed by atoms with Crippen LogP contribution in [0.3, 0.4) is 0 Å². The van der Waals surface area contributed by atoms with E-state index < -0.39 is 0 Å². The van der Waals surface area contributed by atoms with E-state index in [1.807, 2.05) is 24.4 Å². The Balaban J connectivity index is 2.30. The number of aromatic nitrogens is 1. The molecule has 70 valence electrons. The molecule has 0 radical (unpaired) electrons. The van der Waals surface area contributed by atoms with Crippen molar-refractivity contribution >= 4 is 0 Å². The second-order valence-electron chi connectivity index (χ2n) is 3.39. The first-order chi connectivity index (χ1) is 6.88. The lowest BCUT2D eigenvalue weighted by molar-refractivity contribution is 0.871. The van der Waals surface area contributed by atoms with Gasteiger partial charge < -0.3 is 0 Å². The molecule has 2 rings (SSSR count). The Kier molecular flexibility index (Phi) is 2.59. The molecule has 0 aliphatic carbocycles. The van der Waals surface area contributed by atoms with Crippen molar-refractivity contribution in [3.8, 4) is 0 Å². The monoisotopic (exact) mass is 183 g/mol. The minimum absolute atomic E-state index is 0.373. The number of hydrogen-bond acceptors (Lipinski definition) is 1. The van der Waals surface area contributed by atoms with Crippen LogP contribution in [-0.4, -0.2) is 4.98 Å². The van der Waals surface area contributed by atoms with Gasteiger partial charge in [-0.15, -0.1) is 0 Å². The summed E-state index contributed by atoms with van der Waals surface area (Å²) in [5.74, 6) is 0.373. The van der Waals surface area contributed by atoms with E-state index >= 15 is 0 Å². The predicted octanol–water partition coefficient (Wildman–Crippen LogP) is 3.23. The predicted molar refractivity (Wildman–Crippen MR) is 58.2 cm³/mol. The van der Waals surface area contributed by atoms with E-state index in [1.54, 1.807) is 0 Å². The molecule has 0 aliphatic heterocycles. The minimum atomic E-state index is 0.373. The molecule has 0 saturated heterocycles. The summed E-state index contributed by atoms with van der Waals surface area (Å²) in [4.78, 5) is 4.36. The van der Waals surface area contributed by atoms with E-state index in [-0.39, 0.29) is 0 Å². The molecule has 1 atom stereocenters. The zero-order chi connectivity index (χ0) is 9.80. The molecule has 2 aromatic rings. The third-order valence-electron chi connectivity index (χ3n) is 2.43. The van der Waals surface area contributed by atoms with E-state index in [9.17, 15) is 0 Å². The summed E-state index contributed by atoms with van der Waals surface area (Å²) in [5, 5.41) is 0. The molecule has 1 heterocycles. The molecular weight excluding hydrogens is 170 g/mol. The highest BCUT2D eigenvalue weighted by Crippen LogP contribution is 2.21. The SMILES string of the molecule is CC(c1ccccc1)c1ccccn1. The summed E-state index contributed by atoms with van der Waals surface area (Å²) < 4.78 is 0. The molecule has 0 N–H and O–H groups in total. The van der Waals surface area contributed by atoms with Crippen LogP contribution >= 0.6 is 0 Å². The Hall–Kier alpha value is -1.63. The lowest BCUT2D eigenvalue weighted by Gasteiger charge is -2.10. The van der Waals surface area contributed by atoms with Crippen LogP contribution in [0.25, 0.3) is 0 Å². The molecular formula is C13H13N. The molecule has 0 amide bonds.